The number of piperidine rings is 1. The SMILES string of the molecule is CN(CCc1ccncc1)C(=O)c1ccnc(N2CCCCC2)n1. The molecular weight excluding hydrogens is 302 g/mol. The monoisotopic (exact) mass is 325 g/mol. The summed E-state index contributed by atoms with van der Waals surface area (Å²) in [5.74, 6) is 0.604. The highest BCUT2D eigenvalue weighted by atomic mass is 16.2. The zero-order valence-electron chi connectivity index (χ0n) is 14.1. The van der Waals surface area contributed by atoms with Crippen molar-refractivity contribution in [3.63, 3.8) is 0 Å². The van der Waals surface area contributed by atoms with Crippen LogP contribution in [0.4, 0.5) is 5.95 Å². The highest BCUT2D eigenvalue weighted by molar-refractivity contribution is 5.92. The Morgan fingerprint density at radius 2 is 1.88 bits per heavy atom. The van der Waals surface area contributed by atoms with Gasteiger partial charge in [-0.05, 0) is 49.4 Å². The van der Waals surface area contributed by atoms with Crippen molar-refractivity contribution < 1.29 is 4.79 Å². The Labute approximate surface area is 142 Å². The molecular formula is C18H23N5O. The molecule has 1 fully saturated rings. The fourth-order valence-electron chi connectivity index (χ4n) is 2.86. The molecule has 1 amide bonds. The van der Waals surface area contributed by atoms with Crippen LogP contribution in [0.15, 0.2) is 36.8 Å². The van der Waals surface area contributed by atoms with Crippen molar-refractivity contribution in [3.8, 4) is 0 Å². The summed E-state index contributed by atoms with van der Waals surface area (Å²) in [4.78, 5) is 29.3. The quantitative estimate of drug-likeness (QED) is 0.843. The van der Waals surface area contributed by atoms with E-state index < -0.39 is 0 Å². The number of likely N-dealkylation sites (N-methyl/N-ethyl adjacent to an activating group) is 1. The minimum atomic E-state index is -0.0651. The van der Waals surface area contributed by atoms with Crippen LogP contribution in [0.25, 0.3) is 0 Å². The van der Waals surface area contributed by atoms with Crippen LogP contribution < -0.4 is 4.90 Å². The number of carbonyl (C=O) groups excluding carboxylic acids is 1. The number of carbonyl (C=O) groups is 1. The van der Waals surface area contributed by atoms with E-state index >= 15 is 0 Å². The molecule has 0 atom stereocenters. The first kappa shape index (κ1) is 16.4. The van der Waals surface area contributed by atoms with Gasteiger partial charge >= 0.3 is 0 Å². The van der Waals surface area contributed by atoms with Gasteiger partial charge in [0.15, 0.2) is 0 Å². The minimum Gasteiger partial charge on any atom is -0.341 e. The third-order valence-electron chi connectivity index (χ3n) is 4.33. The van der Waals surface area contributed by atoms with Gasteiger partial charge in [0.1, 0.15) is 5.69 Å². The first-order chi connectivity index (χ1) is 11.7. The summed E-state index contributed by atoms with van der Waals surface area (Å²) in [5.41, 5.74) is 1.63. The van der Waals surface area contributed by atoms with Gasteiger partial charge < -0.3 is 9.80 Å². The van der Waals surface area contributed by atoms with Gasteiger partial charge in [-0.2, -0.15) is 0 Å². The molecule has 1 aliphatic heterocycles. The molecule has 3 rings (SSSR count). The lowest BCUT2D eigenvalue weighted by Gasteiger charge is -2.26. The molecule has 2 aromatic heterocycles. The Bertz CT molecular complexity index is 670. The third-order valence-corrected chi connectivity index (χ3v) is 4.33. The number of anilines is 1. The van der Waals surface area contributed by atoms with Crippen molar-refractivity contribution in [1.82, 2.24) is 19.9 Å². The molecule has 0 spiro atoms. The standard InChI is InChI=1S/C18H23N5O/c1-22(14-8-15-5-9-19-10-6-15)17(24)16-7-11-20-18(21-16)23-12-3-2-4-13-23/h5-7,9-11H,2-4,8,12-14H2,1H3. The van der Waals surface area contributed by atoms with Crippen LogP contribution in [0.5, 0.6) is 0 Å². The second-order valence-electron chi connectivity index (χ2n) is 6.12. The van der Waals surface area contributed by atoms with Gasteiger partial charge in [0.2, 0.25) is 5.95 Å². The van der Waals surface area contributed by atoms with E-state index in [1.165, 1.54) is 12.0 Å². The van der Waals surface area contributed by atoms with Gasteiger partial charge in [0.25, 0.3) is 5.91 Å². The van der Waals surface area contributed by atoms with Gasteiger partial charge in [-0.15, -0.1) is 0 Å². The van der Waals surface area contributed by atoms with E-state index in [1.54, 1.807) is 29.6 Å². The van der Waals surface area contributed by atoms with Gasteiger partial charge in [-0.1, -0.05) is 0 Å². The number of pyridine rings is 1. The summed E-state index contributed by atoms with van der Waals surface area (Å²) >= 11 is 0. The lowest BCUT2D eigenvalue weighted by Crippen LogP contribution is -2.33. The molecule has 2 aromatic rings. The second kappa shape index (κ2) is 7.86. The number of rotatable bonds is 5. The smallest absolute Gasteiger partial charge is 0.272 e. The molecule has 0 saturated carbocycles. The molecule has 0 radical (unpaired) electrons. The van der Waals surface area contributed by atoms with Crippen molar-refractivity contribution in [2.24, 2.45) is 0 Å². The molecule has 0 aromatic carbocycles. The van der Waals surface area contributed by atoms with Crippen LogP contribution in [-0.2, 0) is 6.42 Å². The maximum atomic E-state index is 12.6. The van der Waals surface area contributed by atoms with Crippen molar-refractivity contribution in [1.29, 1.82) is 0 Å². The molecule has 0 N–H and O–H groups in total. The molecule has 6 heteroatoms. The highest BCUT2D eigenvalue weighted by Gasteiger charge is 2.18. The normalized spacial score (nSPS) is 14.5. The van der Waals surface area contributed by atoms with E-state index in [0.29, 0.717) is 18.2 Å². The predicted octanol–water partition coefficient (Wildman–Crippen LogP) is 2.18. The van der Waals surface area contributed by atoms with Gasteiger partial charge in [-0.25, -0.2) is 9.97 Å². The number of aromatic nitrogens is 3. The number of hydrogen-bond acceptors (Lipinski definition) is 5. The van der Waals surface area contributed by atoms with Gasteiger partial charge in [0.05, 0.1) is 0 Å². The first-order valence-corrected chi connectivity index (χ1v) is 8.46. The van der Waals surface area contributed by atoms with Crippen molar-refractivity contribution >= 4 is 11.9 Å². The van der Waals surface area contributed by atoms with Crippen LogP contribution in [0, 0.1) is 0 Å². The summed E-state index contributed by atoms with van der Waals surface area (Å²) in [5, 5.41) is 0. The Kier molecular flexibility index (Phi) is 5.36. The van der Waals surface area contributed by atoms with E-state index in [1.807, 2.05) is 19.2 Å². The second-order valence-corrected chi connectivity index (χ2v) is 6.12. The fraction of sp³-hybridized carbons (Fsp3) is 0.444. The van der Waals surface area contributed by atoms with Crippen molar-refractivity contribution in [2.45, 2.75) is 25.7 Å². The van der Waals surface area contributed by atoms with Crippen LogP contribution >= 0.6 is 0 Å². The van der Waals surface area contributed by atoms with Crippen LogP contribution in [0.3, 0.4) is 0 Å². The Morgan fingerprint density at radius 1 is 1.12 bits per heavy atom. The highest BCUT2D eigenvalue weighted by Crippen LogP contribution is 2.15. The minimum absolute atomic E-state index is 0.0651. The van der Waals surface area contributed by atoms with Crippen LogP contribution in [0.1, 0.15) is 35.3 Å². The van der Waals surface area contributed by atoms with Crippen molar-refractivity contribution in [2.75, 3.05) is 31.6 Å². The zero-order chi connectivity index (χ0) is 16.8. The molecule has 0 unspecified atom stereocenters. The predicted molar refractivity (Wildman–Crippen MR) is 93.0 cm³/mol. The molecule has 6 nitrogen and oxygen atoms in total. The molecule has 1 aliphatic rings. The lowest BCUT2D eigenvalue weighted by molar-refractivity contribution is 0.0790. The first-order valence-electron chi connectivity index (χ1n) is 8.46. The molecule has 0 bridgehead atoms. The number of hydrogen-bond donors (Lipinski definition) is 0. The molecule has 1 saturated heterocycles. The molecule has 24 heavy (non-hydrogen) atoms. The fourth-order valence-corrected chi connectivity index (χ4v) is 2.86. The van der Waals surface area contributed by atoms with E-state index in [2.05, 4.69) is 19.9 Å². The molecule has 0 aliphatic carbocycles. The molecule has 3 heterocycles. The summed E-state index contributed by atoms with van der Waals surface area (Å²) in [6, 6.07) is 5.63. The van der Waals surface area contributed by atoms with E-state index in [-0.39, 0.29) is 5.91 Å². The molecule has 126 valence electrons. The van der Waals surface area contributed by atoms with Crippen LogP contribution in [-0.4, -0.2) is 52.4 Å². The Morgan fingerprint density at radius 3 is 2.62 bits per heavy atom. The summed E-state index contributed by atoms with van der Waals surface area (Å²) < 4.78 is 0. The van der Waals surface area contributed by atoms with Gasteiger partial charge in [0, 0.05) is 45.3 Å². The lowest BCUT2D eigenvalue weighted by atomic mass is 10.1. The average molecular weight is 325 g/mol. The average Bonchev–Trinajstić information content (AvgIpc) is 2.67. The van der Waals surface area contributed by atoms with Crippen LogP contribution in [0.2, 0.25) is 0 Å². The maximum absolute atomic E-state index is 12.6. The van der Waals surface area contributed by atoms with E-state index in [9.17, 15) is 4.79 Å². The summed E-state index contributed by atoms with van der Waals surface area (Å²) in [6.07, 6.45) is 9.60. The topological polar surface area (TPSA) is 62.2 Å². The summed E-state index contributed by atoms with van der Waals surface area (Å²) in [7, 11) is 1.81. The summed E-state index contributed by atoms with van der Waals surface area (Å²) in [6.45, 7) is 2.58. The Balaban J connectivity index is 1.63. The van der Waals surface area contributed by atoms with E-state index in [4.69, 9.17) is 0 Å². The third kappa shape index (κ3) is 4.07. The van der Waals surface area contributed by atoms with Gasteiger partial charge in [-0.3, -0.25) is 9.78 Å². The maximum Gasteiger partial charge on any atom is 0.272 e. The largest absolute Gasteiger partial charge is 0.341 e. The zero-order valence-corrected chi connectivity index (χ0v) is 14.1. The number of nitrogens with zero attached hydrogens (tertiary/aromatic N) is 5. The Hall–Kier alpha value is -2.50. The van der Waals surface area contributed by atoms with Crippen molar-refractivity contribution in [3.05, 3.63) is 48.0 Å². The number of amides is 1. The van der Waals surface area contributed by atoms with E-state index in [0.717, 1.165) is 32.4 Å².